The van der Waals surface area contributed by atoms with E-state index in [0.717, 1.165) is 11.1 Å². The van der Waals surface area contributed by atoms with E-state index in [2.05, 4.69) is 10.6 Å². The van der Waals surface area contributed by atoms with Crippen molar-refractivity contribution in [3.05, 3.63) is 70.3 Å². The first kappa shape index (κ1) is 19.3. The van der Waals surface area contributed by atoms with E-state index in [-0.39, 0.29) is 30.7 Å². The molecule has 8 nitrogen and oxygen atoms in total. The summed E-state index contributed by atoms with van der Waals surface area (Å²) in [5.74, 6) is -1.34. The van der Waals surface area contributed by atoms with Gasteiger partial charge in [-0.3, -0.25) is 24.5 Å². The molecular weight excluding hydrogens is 384 g/mol. The summed E-state index contributed by atoms with van der Waals surface area (Å²) in [7, 11) is 0. The summed E-state index contributed by atoms with van der Waals surface area (Å²) < 4.78 is 0. The van der Waals surface area contributed by atoms with Crippen molar-refractivity contribution in [1.29, 1.82) is 5.26 Å². The zero-order chi connectivity index (χ0) is 21.3. The van der Waals surface area contributed by atoms with Gasteiger partial charge in [0.05, 0.1) is 11.6 Å². The molecule has 2 aromatic rings. The Morgan fingerprint density at radius 2 is 2.03 bits per heavy atom. The number of nitrogens with zero attached hydrogens (tertiary/aromatic N) is 2. The van der Waals surface area contributed by atoms with Crippen LogP contribution >= 0.6 is 0 Å². The normalized spacial score (nSPS) is 17.9. The number of piperidine rings is 1. The Bertz CT molecular complexity index is 1120. The summed E-state index contributed by atoms with van der Waals surface area (Å²) in [5, 5.41) is 14.0. The SMILES string of the molecule is N#Cc1cccc(C(=O)NCc2ccc3c(c2)C(=O)N(C2CCC(=O)NC2=O)C3)c1. The van der Waals surface area contributed by atoms with Crippen molar-refractivity contribution in [3.8, 4) is 6.07 Å². The topological polar surface area (TPSA) is 119 Å². The number of benzene rings is 2. The summed E-state index contributed by atoms with van der Waals surface area (Å²) >= 11 is 0. The molecule has 4 amide bonds. The van der Waals surface area contributed by atoms with Crippen LogP contribution in [0.25, 0.3) is 0 Å². The average Bonchev–Trinajstić information content (AvgIpc) is 3.08. The minimum Gasteiger partial charge on any atom is -0.348 e. The summed E-state index contributed by atoms with van der Waals surface area (Å²) in [4.78, 5) is 50.2. The Kier molecular flexibility index (Phi) is 5.02. The third-order valence-electron chi connectivity index (χ3n) is 5.30. The number of hydrogen-bond donors (Lipinski definition) is 2. The fourth-order valence-corrected chi connectivity index (χ4v) is 3.73. The molecule has 1 saturated heterocycles. The fraction of sp³-hybridized carbons (Fsp3) is 0.227. The molecule has 4 rings (SSSR count). The molecule has 0 saturated carbocycles. The van der Waals surface area contributed by atoms with Gasteiger partial charge in [-0.05, 0) is 41.8 Å². The van der Waals surface area contributed by atoms with Gasteiger partial charge >= 0.3 is 0 Å². The van der Waals surface area contributed by atoms with Gasteiger partial charge in [-0.25, -0.2) is 0 Å². The molecule has 0 aliphatic carbocycles. The van der Waals surface area contributed by atoms with E-state index in [1.807, 2.05) is 18.2 Å². The van der Waals surface area contributed by atoms with Crippen molar-refractivity contribution in [2.45, 2.75) is 32.0 Å². The number of carbonyl (C=O) groups is 4. The highest BCUT2D eigenvalue weighted by molar-refractivity contribution is 6.05. The monoisotopic (exact) mass is 402 g/mol. The summed E-state index contributed by atoms with van der Waals surface area (Å²) in [6.07, 6.45) is 0.524. The third kappa shape index (κ3) is 3.65. The van der Waals surface area contributed by atoms with Crippen molar-refractivity contribution in [2.24, 2.45) is 0 Å². The predicted octanol–water partition coefficient (Wildman–Crippen LogP) is 1.25. The Morgan fingerprint density at radius 3 is 2.80 bits per heavy atom. The highest BCUT2D eigenvalue weighted by Gasteiger charge is 2.39. The lowest BCUT2D eigenvalue weighted by molar-refractivity contribution is -0.136. The number of carbonyl (C=O) groups excluding carboxylic acids is 4. The average molecular weight is 402 g/mol. The zero-order valence-corrected chi connectivity index (χ0v) is 16.0. The number of imide groups is 1. The van der Waals surface area contributed by atoms with E-state index < -0.39 is 11.9 Å². The van der Waals surface area contributed by atoms with Crippen LogP contribution in [0.15, 0.2) is 42.5 Å². The molecule has 1 fully saturated rings. The molecule has 0 aromatic heterocycles. The van der Waals surface area contributed by atoms with Crippen molar-refractivity contribution in [1.82, 2.24) is 15.5 Å². The van der Waals surface area contributed by atoms with Crippen LogP contribution in [0.1, 0.15) is 50.2 Å². The van der Waals surface area contributed by atoms with Gasteiger partial charge in [-0.2, -0.15) is 5.26 Å². The molecule has 0 bridgehead atoms. The van der Waals surface area contributed by atoms with Gasteiger partial charge in [0.2, 0.25) is 11.8 Å². The molecule has 8 heteroatoms. The number of nitriles is 1. The molecule has 30 heavy (non-hydrogen) atoms. The number of rotatable bonds is 4. The number of nitrogens with one attached hydrogen (secondary N) is 2. The first-order chi connectivity index (χ1) is 14.5. The first-order valence-electron chi connectivity index (χ1n) is 9.51. The fourth-order valence-electron chi connectivity index (χ4n) is 3.73. The van der Waals surface area contributed by atoms with Gasteiger partial charge in [-0.1, -0.05) is 18.2 Å². The summed E-state index contributed by atoms with van der Waals surface area (Å²) in [6, 6.07) is 13.1. The van der Waals surface area contributed by atoms with E-state index in [1.165, 1.54) is 11.0 Å². The molecule has 2 N–H and O–H groups in total. The minimum atomic E-state index is -0.654. The molecule has 2 aliphatic rings. The van der Waals surface area contributed by atoms with Crippen LogP contribution in [0.2, 0.25) is 0 Å². The third-order valence-corrected chi connectivity index (χ3v) is 5.30. The van der Waals surface area contributed by atoms with Gasteiger partial charge in [0.15, 0.2) is 0 Å². The van der Waals surface area contributed by atoms with Crippen molar-refractivity contribution < 1.29 is 19.2 Å². The van der Waals surface area contributed by atoms with Crippen LogP contribution in [-0.4, -0.2) is 34.6 Å². The van der Waals surface area contributed by atoms with E-state index in [9.17, 15) is 19.2 Å². The van der Waals surface area contributed by atoms with Gasteiger partial charge in [0.1, 0.15) is 6.04 Å². The standard InChI is InChI=1S/C22H18N4O4/c23-10-13-2-1-3-15(8-13)20(28)24-11-14-4-5-16-12-26(22(30)17(16)9-14)18-6-7-19(27)25-21(18)29/h1-5,8-9,18H,6-7,11-12H2,(H,24,28)(H,25,27,29). The van der Waals surface area contributed by atoms with E-state index >= 15 is 0 Å². The molecule has 1 unspecified atom stereocenters. The minimum absolute atomic E-state index is 0.209. The lowest BCUT2D eigenvalue weighted by atomic mass is 10.0. The molecule has 0 radical (unpaired) electrons. The van der Waals surface area contributed by atoms with Crippen LogP contribution in [0.4, 0.5) is 0 Å². The Labute approximate surface area is 172 Å². The lowest BCUT2D eigenvalue weighted by Crippen LogP contribution is -2.52. The molecule has 1 atom stereocenters. The highest BCUT2D eigenvalue weighted by Crippen LogP contribution is 2.28. The maximum absolute atomic E-state index is 12.8. The smallest absolute Gasteiger partial charge is 0.255 e. The van der Waals surface area contributed by atoms with Crippen LogP contribution in [0.3, 0.4) is 0 Å². The van der Waals surface area contributed by atoms with E-state index in [0.29, 0.717) is 29.7 Å². The quantitative estimate of drug-likeness (QED) is 0.746. The van der Waals surface area contributed by atoms with Crippen molar-refractivity contribution in [3.63, 3.8) is 0 Å². The Hall–Kier alpha value is -3.99. The van der Waals surface area contributed by atoms with E-state index in [1.54, 1.807) is 24.3 Å². The van der Waals surface area contributed by atoms with Gasteiger partial charge in [0.25, 0.3) is 11.8 Å². The molecular formula is C22H18N4O4. The number of amides is 4. The van der Waals surface area contributed by atoms with Crippen LogP contribution in [0, 0.1) is 11.3 Å². The molecule has 150 valence electrons. The maximum atomic E-state index is 12.8. The summed E-state index contributed by atoms with van der Waals surface area (Å²) in [5.41, 5.74) is 2.84. The molecule has 2 heterocycles. The van der Waals surface area contributed by atoms with Crippen molar-refractivity contribution in [2.75, 3.05) is 0 Å². The van der Waals surface area contributed by atoms with Crippen LogP contribution < -0.4 is 10.6 Å². The van der Waals surface area contributed by atoms with E-state index in [4.69, 9.17) is 5.26 Å². The van der Waals surface area contributed by atoms with Gasteiger partial charge < -0.3 is 10.2 Å². The largest absolute Gasteiger partial charge is 0.348 e. The highest BCUT2D eigenvalue weighted by atomic mass is 16.2. The van der Waals surface area contributed by atoms with Gasteiger partial charge in [-0.15, -0.1) is 0 Å². The molecule has 2 aliphatic heterocycles. The lowest BCUT2D eigenvalue weighted by Gasteiger charge is -2.29. The zero-order valence-electron chi connectivity index (χ0n) is 16.0. The molecule has 2 aromatic carbocycles. The maximum Gasteiger partial charge on any atom is 0.255 e. The summed E-state index contributed by atoms with van der Waals surface area (Å²) in [6.45, 7) is 0.530. The second kappa shape index (κ2) is 7.79. The Morgan fingerprint density at radius 1 is 1.20 bits per heavy atom. The van der Waals surface area contributed by atoms with Crippen LogP contribution in [0.5, 0.6) is 0 Å². The Balaban J connectivity index is 1.44. The second-order valence-electron chi connectivity index (χ2n) is 7.27. The molecule has 0 spiro atoms. The van der Waals surface area contributed by atoms with Crippen LogP contribution in [-0.2, 0) is 22.7 Å². The first-order valence-corrected chi connectivity index (χ1v) is 9.51. The predicted molar refractivity (Wildman–Crippen MR) is 105 cm³/mol. The number of hydrogen-bond acceptors (Lipinski definition) is 5. The second-order valence-corrected chi connectivity index (χ2v) is 7.27. The van der Waals surface area contributed by atoms with Crippen molar-refractivity contribution >= 4 is 23.6 Å². The number of fused-ring (bicyclic) bond motifs is 1. The van der Waals surface area contributed by atoms with Gasteiger partial charge in [0, 0.05) is 30.6 Å².